The van der Waals surface area contributed by atoms with E-state index in [1.165, 1.54) is 12.1 Å². The van der Waals surface area contributed by atoms with Crippen LogP contribution in [-0.4, -0.2) is 21.3 Å². The van der Waals surface area contributed by atoms with Gasteiger partial charge in [0.1, 0.15) is 18.2 Å². The van der Waals surface area contributed by atoms with Gasteiger partial charge in [-0.3, -0.25) is 0 Å². The van der Waals surface area contributed by atoms with Gasteiger partial charge >= 0.3 is 6.61 Å². The largest absolute Gasteiger partial charge is 0.435 e. The number of imidazole rings is 1. The van der Waals surface area contributed by atoms with Gasteiger partial charge in [-0.05, 0) is 55.0 Å². The topological polar surface area (TPSA) is 50.5 Å². The summed E-state index contributed by atoms with van der Waals surface area (Å²) in [5.41, 5.74) is 4.45. The molecule has 0 fully saturated rings. The van der Waals surface area contributed by atoms with Crippen molar-refractivity contribution in [2.45, 2.75) is 26.8 Å². The van der Waals surface area contributed by atoms with Gasteiger partial charge < -0.3 is 19.3 Å². The van der Waals surface area contributed by atoms with Crippen molar-refractivity contribution in [3.8, 4) is 17.0 Å². The average Bonchev–Trinajstić information content (AvgIpc) is 3.04. The fourth-order valence-corrected chi connectivity index (χ4v) is 3.29. The highest BCUT2D eigenvalue weighted by Crippen LogP contribution is 2.30. The van der Waals surface area contributed by atoms with Gasteiger partial charge in [0.25, 0.3) is 0 Å². The lowest BCUT2D eigenvalue weighted by molar-refractivity contribution is -0.0498. The van der Waals surface area contributed by atoms with Crippen LogP contribution in [0.5, 0.6) is 5.75 Å². The Hall–Kier alpha value is -3.19. The number of aromatic nitrogens is 2. The molecule has 1 aromatic heterocycles. The van der Waals surface area contributed by atoms with E-state index in [4.69, 9.17) is 4.98 Å². The Kier molecular flexibility index (Phi) is 4.83. The van der Waals surface area contributed by atoms with Crippen molar-refractivity contribution in [1.82, 2.24) is 9.55 Å². The van der Waals surface area contributed by atoms with Crippen molar-refractivity contribution in [3.63, 3.8) is 0 Å². The van der Waals surface area contributed by atoms with Crippen LogP contribution in [-0.2, 0) is 13.3 Å². The predicted octanol–water partition coefficient (Wildman–Crippen LogP) is 4.40. The Morgan fingerprint density at radius 3 is 2.68 bits per heavy atom. The summed E-state index contributed by atoms with van der Waals surface area (Å²) in [4.78, 5) is 6.77. The molecule has 0 aliphatic carbocycles. The van der Waals surface area contributed by atoms with Gasteiger partial charge in [-0.25, -0.2) is 4.98 Å². The first-order valence-electron chi connectivity index (χ1n) is 8.82. The van der Waals surface area contributed by atoms with E-state index >= 15 is 0 Å². The summed E-state index contributed by atoms with van der Waals surface area (Å²) >= 11 is 0. The summed E-state index contributed by atoms with van der Waals surface area (Å²) in [6, 6.07) is 14.2. The molecule has 1 aliphatic heterocycles. The van der Waals surface area contributed by atoms with E-state index in [0.29, 0.717) is 6.67 Å². The van der Waals surface area contributed by atoms with Crippen LogP contribution in [0.25, 0.3) is 17.3 Å². The van der Waals surface area contributed by atoms with Crippen molar-refractivity contribution >= 4 is 11.8 Å². The van der Waals surface area contributed by atoms with E-state index in [0.717, 1.165) is 34.0 Å². The molecule has 28 heavy (non-hydrogen) atoms. The molecule has 7 heteroatoms. The Labute approximate surface area is 161 Å². The molecule has 5 nitrogen and oxygen atoms in total. The first-order valence-corrected chi connectivity index (χ1v) is 8.82. The van der Waals surface area contributed by atoms with Gasteiger partial charge in [0.2, 0.25) is 0 Å². The molecule has 0 saturated carbocycles. The number of hydrogen-bond acceptors (Lipinski definition) is 4. The lowest BCUT2D eigenvalue weighted by atomic mass is 10.1. The predicted molar refractivity (Wildman–Crippen MR) is 103 cm³/mol. The molecule has 1 N–H and O–H groups in total. The molecule has 0 radical (unpaired) electrons. The van der Waals surface area contributed by atoms with E-state index in [9.17, 15) is 13.9 Å². The average molecular weight is 383 g/mol. The summed E-state index contributed by atoms with van der Waals surface area (Å²) in [6.07, 6.45) is 3.89. The van der Waals surface area contributed by atoms with Crippen LogP contribution in [0.15, 0.2) is 54.7 Å². The second kappa shape index (κ2) is 7.44. The molecule has 0 bridgehead atoms. The highest BCUT2D eigenvalue weighted by molar-refractivity contribution is 5.67. The van der Waals surface area contributed by atoms with Crippen LogP contribution in [0.3, 0.4) is 0 Å². The molecule has 2 heterocycles. The van der Waals surface area contributed by atoms with Crippen molar-refractivity contribution in [3.05, 3.63) is 71.8 Å². The lowest BCUT2D eigenvalue weighted by Gasteiger charge is -2.26. The summed E-state index contributed by atoms with van der Waals surface area (Å²) < 4.78 is 31.1. The first-order chi connectivity index (χ1) is 13.5. The maximum atomic E-state index is 12.3. The van der Waals surface area contributed by atoms with Gasteiger partial charge in [-0.2, -0.15) is 8.78 Å². The van der Waals surface area contributed by atoms with E-state index in [2.05, 4.69) is 14.2 Å². The quantitative estimate of drug-likeness (QED) is 0.710. The molecule has 0 unspecified atom stereocenters. The number of rotatable bonds is 5. The van der Waals surface area contributed by atoms with Crippen molar-refractivity contribution < 1.29 is 18.6 Å². The number of halogens is 2. The number of benzene rings is 2. The maximum Gasteiger partial charge on any atom is 0.387 e. The third kappa shape index (κ3) is 3.48. The molecule has 0 atom stereocenters. The molecule has 1 aliphatic rings. The number of aliphatic hydroxyl groups excluding tert-OH is 1. The number of nitrogens with zero attached hydrogens (tertiary/aromatic N) is 3. The molecule has 0 spiro atoms. The van der Waals surface area contributed by atoms with Crippen LogP contribution in [0.4, 0.5) is 14.5 Å². The minimum Gasteiger partial charge on any atom is -0.435 e. The standard InChI is InChI=1S/C21H19F2N3O2/c1-14-20(16-5-7-18(8-6-16)28-21(22)23)24-19-9-10-25(13-26(14)19)17-4-2-3-15(11-17)12-27/h2-11,21,27H,12-13H2,1H3. The van der Waals surface area contributed by atoms with Crippen molar-refractivity contribution in [2.24, 2.45) is 0 Å². The lowest BCUT2D eigenvalue weighted by Crippen LogP contribution is -2.25. The maximum absolute atomic E-state index is 12.3. The number of hydrogen-bond donors (Lipinski definition) is 1. The number of ether oxygens (including phenoxy) is 1. The number of fused-ring (bicyclic) bond motifs is 1. The number of anilines is 1. The van der Waals surface area contributed by atoms with Gasteiger partial charge in [0.15, 0.2) is 0 Å². The molecule has 144 valence electrons. The number of alkyl halides is 2. The fraction of sp³-hybridized carbons (Fsp3) is 0.190. The van der Waals surface area contributed by atoms with E-state index in [1.54, 1.807) is 12.1 Å². The zero-order valence-electron chi connectivity index (χ0n) is 15.2. The Balaban J connectivity index is 1.61. The van der Waals surface area contributed by atoms with Crippen LogP contribution >= 0.6 is 0 Å². The molecule has 0 amide bonds. The monoisotopic (exact) mass is 383 g/mol. The Bertz CT molecular complexity index is 1010. The van der Waals surface area contributed by atoms with E-state index in [-0.39, 0.29) is 12.4 Å². The molecule has 3 aromatic rings. The normalized spacial score (nSPS) is 13.1. The highest BCUT2D eigenvalue weighted by Gasteiger charge is 2.19. The van der Waals surface area contributed by atoms with Gasteiger partial charge in [-0.15, -0.1) is 0 Å². The van der Waals surface area contributed by atoms with Crippen LogP contribution in [0.2, 0.25) is 0 Å². The molecular weight excluding hydrogens is 364 g/mol. The van der Waals surface area contributed by atoms with E-state index in [1.807, 2.05) is 43.5 Å². The zero-order valence-corrected chi connectivity index (χ0v) is 15.2. The number of aliphatic hydroxyl groups is 1. The zero-order chi connectivity index (χ0) is 19.7. The van der Waals surface area contributed by atoms with Crippen LogP contribution < -0.4 is 9.64 Å². The molecule has 0 saturated heterocycles. The summed E-state index contributed by atoms with van der Waals surface area (Å²) in [5.74, 6) is 0.949. The van der Waals surface area contributed by atoms with Crippen molar-refractivity contribution in [1.29, 1.82) is 0 Å². The minimum atomic E-state index is -2.84. The third-order valence-electron chi connectivity index (χ3n) is 4.73. The van der Waals surface area contributed by atoms with Crippen LogP contribution in [0, 0.1) is 6.92 Å². The second-order valence-electron chi connectivity index (χ2n) is 6.49. The van der Waals surface area contributed by atoms with Gasteiger partial charge in [0.05, 0.1) is 12.3 Å². The summed E-state index contributed by atoms with van der Waals surface area (Å²) in [5, 5.41) is 9.36. The second-order valence-corrected chi connectivity index (χ2v) is 6.49. The van der Waals surface area contributed by atoms with E-state index < -0.39 is 6.61 Å². The summed E-state index contributed by atoms with van der Waals surface area (Å²) in [6.45, 7) is -0.271. The minimum absolute atomic E-state index is 0.00381. The Morgan fingerprint density at radius 1 is 1.18 bits per heavy atom. The van der Waals surface area contributed by atoms with Gasteiger partial charge in [0, 0.05) is 23.1 Å². The SMILES string of the molecule is Cc1c(-c2ccc(OC(F)F)cc2)nc2n1CN(c1cccc(CO)c1)C=C2. The van der Waals surface area contributed by atoms with Crippen LogP contribution in [0.1, 0.15) is 17.1 Å². The first kappa shape index (κ1) is 18.2. The summed E-state index contributed by atoms with van der Waals surface area (Å²) in [7, 11) is 0. The van der Waals surface area contributed by atoms with Crippen molar-refractivity contribution in [2.75, 3.05) is 4.90 Å². The van der Waals surface area contributed by atoms with Gasteiger partial charge in [-0.1, -0.05) is 12.1 Å². The molecular formula is C21H19F2N3O2. The smallest absolute Gasteiger partial charge is 0.387 e. The highest BCUT2D eigenvalue weighted by atomic mass is 19.3. The Morgan fingerprint density at radius 2 is 1.96 bits per heavy atom. The molecule has 2 aromatic carbocycles. The fourth-order valence-electron chi connectivity index (χ4n) is 3.29. The molecule has 4 rings (SSSR count). The third-order valence-corrected chi connectivity index (χ3v) is 4.73.